The number of aromatic nitrogens is 3. The van der Waals surface area contributed by atoms with E-state index in [1.807, 2.05) is 55.7 Å². The summed E-state index contributed by atoms with van der Waals surface area (Å²) in [6.45, 7) is 14.6. The van der Waals surface area contributed by atoms with Crippen LogP contribution in [0.2, 0.25) is 0 Å². The van der Waals surface area contributed by atoms with Crippen LogP contribution in [0.15, 0.2) is 60.3 Å². The fraction of sp³-hybridized carbons (Fsp3) is 0.357. The average molecular weight is 632 g/mol. The van der Waals surface area contributed by atoms with Crippen LogP contribution in [0.5, 0.6) is 0 Å². The molecule has 2 aromatic carbocycles. The van der Waals surface area contributed by atoms with Gasteiger partial charge in [0, 0.05) is 21.4 Å². The highest BCUT2D eigenvalue weighted by molar-refractivity contribution is 14.1. The molecule has 0 fully saturated rings. The molecule has 1 atom stereocenters. The summed E-state index contributed by atoms with van der Waals surface area (Å²) in [5, 5.41) is 15.6. The third-order valence-corrected chi connectivity index (χ3v) is 7.45. The summed E-state index contributed by atoms with van der Waals surface area (Å²) in [7, 11) is 0. The summed E-state index contributed by atoms with van der Waals surface area (Å²) in [6.07, 6.45) is 1.76. The molecule has 0 spiro atoms. The first-order valence-electron chi connectivity index (χ1n) is 12.2. The number of rotatable bonds is 11. The quantitative estimate of drug-likeness (QED) is 0.146. The number of aryl methyl sites for hydroxylation is 1. The van der Waals surface area contributed by atoms with Gasteiger partial charge in [0.2, 0.25) is 5.91 Å². The molecule has 196 valence electrons. The van der Waals surface area contributed by atoms with E-state index >= 15 is 0 Å². The minimum atomic E-state index is -0.357. The van der Waals surface area contributed by atoms with Gasteiger partial charge in [-0.15, -0.1) is 16.8 Å². The minimum absolute atomic E-state index is 0.0676. The fourth-order valence-corrected chi connectivity index (χ4v) is 5.19. The molecular formula is C28H34IN5O2S. The molecule has 0 aliphatic carbocycles. The number of carbonyl (C=O) groups excluding carboxylic acids is 2. The van der Waals surface area contributed by atoms with Gasteiger partial charge in [0.05, 0.1) is 11.8 Å². The van der Waals surface area contributed by atoms with Gasteiger partial charge >= 0.3 is 0 Å². The van der Waals surface area contributed by atoms with Crippen LogP contribution in [0.3, 0.4) is 0 Å². The van der Waals surface area contributed by atoms with Crippen molar-refractivity contribution >= 4 is 51.9 Å². The zero-order valence-electron chi connectivity index (χ0n) is 21.9. The van der Waals surface area contributed by atoms with Gasteiger partial charge in [-0.1, -0.05) is 63.2 Å². The van der Waals surface area contributed by atoms with Crippen molar-refractivity contribution in [1.82, 2.24) is 20.1 Å². The van der Waals surface area contributed by atoms with E-state index in [0.29, 0.717) is 29.0 Å². The first-order valence-corrected chi connectivity index (χ1v) is 14.3. The van der Waals surface area contributed by atoms with Crippen LogP contribution < -0.4 is 10.6 Å². The van der Waals surface area contributed by atoms with Crippen molar-refractivity contribution in [2.24, 2.45) is 5.92 Å². The summed E-state index contributed by atoms with van der Waals surface area (Å²) in [5.41, 5.74) is 3.55. The van der Waals surface area contributed by atoms with Crippen molar-refractivity contribution in [2.45, 2.75) is 58.3 Å². The molecule has 0 saturated heterocycles. The van der Waals surface area contributed by atoms with E-state index in [1.54, 1.807) is 12.1 Å². The molecule has 7 nitrogen and oxygen atoms in total. The summed E-state index contributed by atoms with van der Waals surface area (Å²) in [4.78, 5) is 25.8. The Labute approximate surface area is 237 Å². The highest BCUT2D eigenvalue weighted by atomic mass is 127. The zero-order valence-corrected chi connectivity index (χ0v) is 24.9. The Hall–Kier alpha value is -2.66. The van der Waals surface area contributed by atoms with Crippen LogP contribution in [-0.4, -0.2) is 32.3 Å². The van der Waals surface area contributed by atoms with E-state index in [-0.39, 0.29) is 29.5 Å². The maximum absolute atomic E-state index is 13.0. The van der Waals surface area contributed by atoms with Gasteiger partial charge in [0.15, 0.2) is 11.0 Å². The predicted molar refractivity (Wildman–Crippen MR) is 159 cm³/mol. The number of nitrogens with zero attached hydrogens (tertiary/aromatic N) is 3. The lowest BCUT2D eigenvalue weighted by Gasteiger charge is -2.22. The van der Waals surface area contributed by atoms with E-state index < -0.39 is 0 Å². The SMILES string of the molecule is C=CCn1c(SCC(=O)Nc2ccc(I)cc2C(C)C)nnc1[C@@H](NC(=O)c1cccc(C)c1)C(C)C. The monoisotopic (exact) mass is 631 g/mol. The lowest BCUT2D eigenvalue weighted by Crippen LogP contribution is -2.34. The van der Waals surface area contributed by atoms with E-state index in [1.165, 1.54) is 11.8 Å². The third-order valence-electron chi connectivity index (χ3n) is 5.81. The molecule has 0 bridgehead atoms. The van der Waals surface area contributed by atoms with Crippen LogP contribution in [0.25, 0.3) is 0 Å². The summed E-state index contributed by atoms with van der Waals surface area (Å²) in [6, 6.07) is 13.2. The largest absolute Gasteiger partial charge is 0.342 e. The third kappa shape index (κ3) is 7.67. The Morgan fingerprint density at radius 2 is 1.89 bits per heavy atom. The molecule has 9 heteroatoms. The van der Waals surface area contributed by atoms with Crippen molar-refractivity contribution in [3.63, 3.8) is 0 Å². The van der Waals surface area contributed by atoms with E-state index in [4.69, 9.17) is 0 Å². The molecule has 0 unspecified atom stereocenters. The van der Waals surface area contributed by atoms with Gasteiger partial charge in [-0.2, -0.15) is 0 Å². The number of anilines is 1. The Morgan fingerprint density at radius 3 is 2.54 bits per heavy atom. The number of allylic oxidation sites excluding steroid dienone is 1. The van der Waals surface area contributed by atoms with Gasteiger partial charge < -0.3 is 15.2 Å². The van der Waals surface area contributed by atoms with Crippen molar-refractivity contribution in [3.8, 4) is 0 Å². The van der Waals surface area contributed by atoms with E-state index in [0.717, 1.165) is 20.4 Å². The van der Waals surface area contributed by atoms with Gasteiger partial charge in [-0.05, 0) is 77.2 Å². The maximum Gasteiger partial charge on any atom is 0.251 e. The van der Waals surface area contributed by atoms with E-state index in [9.17, 15) is 9.59 Å². The zero-order chi connectivity index (χ0) is 27.1. The first kappa shape index (κ1) is 28.9. The van der Waals surface area contributed by atoms with Crippen LogP contribution in [0, 0.1) is 16.4 Å². The second kappa shape index (κ2) is 13.2. The lowest BCUT2D eigenvalue weighted by molar-refractivity contribution is -0.113. The number of thioether (sulfide) groups is 1. The van der Waals surface area contributed by atoms with Crippen LogP contribution >= 0.6 is 34.4 Å². The smallest absolute Gasteiger partial charge is 0.251 e. The molecule has 0 saturated carbocycles. The number of nitrogens with one attached hydrogen (secondary N) is 2. The molecule has 2 amide bonds. The van der Waals surface area contributed by atoms with Gasteiger partial charge in [-0.3, -0.25) is 9.59 Å². The second-order valence-electron chi connectivity index (χ2n) is 9.53. The Bertz CT molecular complexity index is 1270. The van der Waals surface area contributed by atoms with Crippen molar-refractivity contribution < 1.29 is 9.59 Å². The number of benzene rings is 2. The van der Waals surface area contributed by atoms with Gasteiger partial charge in [0.1, 0.15) is 0 Å². The molecule has 0 radical (unpaired) electrons. The second-order valence-corrected chi connectivity index (χ2v) is 11.7. The predicted octanol–water partition coefficient (Wildman–Crippen LogP) is 6.36. The Kier molecular flexibility index (Phi) is 10.3. The number of hydrogen-bond donors (Lipinski definition) is 2. The molecule has 37 heavy (non-hydrogen) atoms. The molecule has 3 aromatic rings. The van der Waals surface area contributed by atoms with Crippen LogP contribution in [0.1, 0.15) is 67.0 Å². The summed E-state index contributed by atoms with van der Waals surface area (Å²) < 4.78 is 3.05. The fourth-order valence-electron chi connectivity index (χ4n) is 3.92. The average Bonchev–Trinajstić information content (AvgIpc) is 3.24. The molecular weight excluding hydrogens is 597 g/mol. The Balaban J connectivity index is 1.77. The molecule has 1 aromatic heterocycles. The Morgan fingerprint density at radius 1 is 1.14 bits per heavy atom. The first-order chi connectivity index (χ1) is 17.6. The molecule has 0 aliphatic heterocycles. The minimum Gasteiger partial charge on any atom is -0.342 e. The van der Waals surface area contributed by atoms with Crippen molar-refractivity contribution in [2.75, 3.05) is 11.1 Å². The number of amides is 2. The normalized spacial score (nSPS) is 12.0. The lowest BCUT2D eigenvalue weighted by atomic mass is 10.0. The van der Waals surface area contributed by atoms with Crippen LogP contribution in [0.4, 0.5) is 5.69 Å². The highest BCUT2D eigenvalue weighted by Gasteiger charge is 2.26. The van der Waals surface area contributed by atoms with Crippen molar-refractivity contribution in [3.05, 3.63) is 81.2 Å². The van der Waals surface area contributed by atoms with Crippen molar-refractivity contribution in [1.29, 1.82) is 0 Å². The topological polar surface area (TPSA) is 88.9 Å². The summed E-state index contributed by atoms with van der Waals surface area (Å²) >= 11 is 3.59. The molecule has 3 rings (SSSR count). The van der Waals surface area contributed by atoms with Gasteiger partial charge in [0.25, 0.3) is 5.91 Å². The van der Waals surface area contributed by atoms with E-state index in [2.05, 4.69) is 69.9 Å². The standard InChI is InChI=1S/C28H34IN5O2S/c1-7-13-34-26(25(18(4)5)31-27(36)20-10-8-9-19(6)14-20)32-33-28(34)37-16-24(35)30-23-12-11-21(29)15-22(23)17(2)3/h7-12,14-15,17-18,25H,1,13,16H2,2-6H3,(H,30,35)(H,31,36)/t25-/m0/s1. The maximum atomic E-state index is 13.0. The number of halogens is 1. The summed E-state index contributed by atoms with van der Waals surface area (Å²) in [5.74, 6) is 0.898. The molecule has 0 aliphatic rings. The molecule has 1 heterocycles. The highest BCUT2D eigenvalue weighted by Crippen LogP contribution is 2.28. The number of carbonyl (C=O) groups is 2. The van der Waals surface area contributed by atoms with Gasteiger partial charge in [-0.25, -0.2) is 0 Å². The number of hydrogen-bond acceptors (Lipinski definition) is 5. The molecule has 2 N–H and O–H groups in total. The van der Waals surface area contributed by atoms with Crippen LogP contribution in [-0.2, 0) is 11.3 Å².